The van der Waals surface area contributed by atoms with Crippen molar-refractivity contribution in [3.63, 3.8) is 0 Å². The van der Waals surface area contributed by atoms with Gasteiger partial charge in [0.25, 0.3) is 5.91 Å². The maximum absolute atomic E-state index is 13.0. The van der Waals surface area contributed by atoms with Gasteiger partial charge >= 0.3 is 0 Å². The van der Waals surface area contributed by atoms with Gasteiger partial charge in [0.15, 0.2) is 0 Å². The van der Waals surface area contributed by atoms with Crippen molar-refractivity contribution in [3.8, 4) is 0 Å². The summed E-state index contributed by atoms with van der Waals surface area (Å²) in [6.45, 7) is 10.9. The predicted octanol–water partition coefficient (Wildman–Crippen LogP) is 4.02. The first-order valence-corrected chi connectivity index (χ1v) is 8.76. The zero-order valence-electron chi connectivity index (χ0n) is 14.3. The number of oxazole rings is 1. The van der Waals surface area contributed by atoms with Crippen LogP contribution in [0.3, 0.4) is 0 Å². The van der Waals surface area contributed by atoms with Crippen LogP contribution >= 0.6 is 11.5 Å². The van der Waals surface area contributed by atoms with E-state index in [0.29, 0.717) is 5.89 Å². The van der Waals surface area contributed by atoms with Crippen molar-refractivity contribution < 1.29 is 9.21 Å². The summed E-state index contributed by atoms with van der Waals surface area (Å²) in [5.74, 6) is 0.700. The maximum atomic E-state index is 13.0. The topological polar surface area (TPSA) is 59.2 Å². The Morgan fingerprint density at radius 2 is 2.13 bits per heavy atom. The summed E-state index contributed by atoms with van der Waals surface area (Å²) >= 11 is 1.39. The minimum absolute atomic E-state index is 0.0479. The highest BCUT2D eigenvalue weighted by Crippen LogP contribution is 2.35. The summed E-state index contributed by atoms with van der Waals surface area (Å²) in [5, 5.41) is 0. The van der Waals surface area contributed by atoms with Crippen LogP contribution in [0.2, 0.25) is 0 Å². The zero-order chi connectivity index (χ0) is 16.8. The minimum atomic E-state index is -0.0719. The maximum Gasteiger partial charge on any atom is 0.257 e. The summed E-state index contributed by atoms with van der Waals surface area (Å²) in [5.41, 5.74) is 2.42. The lowest BCUT2D eigenvalue weighted by Crippen LogP contribution is -2.31. The predicted molar refractivity (Wildman–Crippen MR) is 89.8 cm³/mol. The Hall–Kier alpha value is -1.69. The summed E-state index contributed by atoms with van der Waals surface area (Å²) in [6, 6.07) is -0.0719. The molecular formula is C17H23N3O2S. The van der Waals surface area contributed by atoms with Crippen LogP contribution in [0.4, 0.5) is 0 Å². The standard InChI is InChI=1S/C17H23N3O2S/c1-10-14(11(2)23-19-10)16(21)20-8-6-7-12(20)15-18-13(9-22-15)17(3,4)5/h9,12H,6-8H2,1-5H3/t12-/m1/s1. The van der Waals surface area contributed by atoms with Crippen LogP contribution in [-0.4, -0.2) is 26.7 Å². The van der Waals surface area contributed by atoms with E-state index in [1.54, 1.807) is 6.26 Å². The van der Waals surface area contributed by atoms with Crippen LogP contribution in [0, 0.1) is 13.8 Å². The third-order valence-electron chi connectivity index (χ3n) is 4.34. The van der Waals surface area contributed by atoms with Crippen molar-refractivity contribution in [1.82, 2.24) is 14.3 Å². The summed E-state index contributed by atoms with van der Waals surface area (Å²) in [4.78, 5) is 20.5. The smallest absolute Gasteiger partial charge is 0.257 e. The molecule has 3 rings (SSSR count). The molecule has 1 aliphatic rings. The third kappa shape index (κ3) is 2.92. The molecule has 0 saturated carbocycles. The van der Waals surface area contributed by atoms with Gasteiger partial charge in [-0.3, -0.25) is 4.79 Å². The van der Waals surface area contributed by atoms with E-state index in [1.807, 2.05) is 18.7 Å². The van der Waals surface area contributed by atoms with Gasteiger partial charge in [0.2, 0.25) is 5.89 Å². The second kappa shape index (κ2) is 5.74. The average Bonchev–Trinajstić information content (AvgIpc) is 3.16. The molecule has 1 atom stereocenters. The number of aryl methyl sites for hydroxylation is 2. The molecule has 0 bridgehead atoms. The number of hydrogen-bond donors (Lipinski definition) is 0. The summed E-state index contributed by atoms with van der Waals surface area (Å²) < 4.78 is 10.0. The van der Waals surface area contributed by atoms with Crippen molar-refractivity contribution in [2.24, 2.45) is 0 Å². The number of rotatable bonds is 2. The van der Waals surface area contributed by atoms with E-state index >= 15 is 0 Å². The van der Waals surface area contributed by atoms with Gasteiger partial charge in [0.05, 0.1) is 17.0 Å². The van der Waals surface area contributed by atoms with Crippen molar-refractivity contribution in [2.45, 2.75) is 58.9 Å². The molecular weight excluding hydrogens is 310 g/mol. The fraction of sp³-hybridized carbons (Fsp3) is 0.588. The first kappa shape index (κ1) is 16.2. The number of nitrogens with zero attached hydrogens (tertiary/aromatic N) is 3. The molecule has 1 amide bonds. The van der Waals surface area contributed by atoms with E-state index in [1.165, 1.54) is 11.5 Å². The van der Waals surface area contributed by atoms with Crippen LogP contribution in [0.1, 0.15) is 72.2 Å². The van der Waals surface area contributed by atoms with Gasteiger partial charge in [0, 0.05) is 16.8 Å². The molecule has 0 spiro atoms. The molecule has 0 aliphatic carbocycles. The Morgan fingerprint density at radius 3 is 2.70 bits per heavy atom. The zero-order valence-corrected chi connectivity index (χ0v) is 15.2. The number of aromatic nitrogens is 2. The second-order valence-corrected chi connectivity index (χ2v) is 8.15. The van der Waals surface area contributed by atoms with Crippen LogP contribution in [0.15, 0.2) is 10.7 Å². The normalized spacial score (nSPS) is 18.7. The quantitative estimate of drug-likeness (QED) is 0.833. The first-order valence-electron chi connectivity index (χ1n) is 7.99. The monoisotopic (exact) mass is 333 g/mol. The molecule has 5 nitrogen and oxygen atoms in total. The lowest BCUT2D eigenvalue weighted by Gasteiger charge is -2.22. The van der Waals surface area contributed by atoms with E-state index in [9.17, 15) is 4.79 Å². The Kier molecular flexibility index (Phi) is 4.04. The Bertz CT molecular complexity index is 707. The number of hydrogen-bond acceptors (Lipinski definition) is 5. The highest BCUT2D eigenvalue weighted by molar-refractivity contribution is 7.06. The average molecular weight is 333 g/mol. The molecule has 1 aliphatic heterocycles. The van der Waals surface area contributed by atoms with Gasteiger partial charge in [-0.2, -0.15) is 4.37 Å². The van der Waals surface area contributed by atoms with Gasteiger partial charge in [-0.15, -0.1) is 0 Å². The van der Waals surface area contributed by atoms with Crippen LogP contribution < -0.4 is 0 Å². The summed E-state index contributed by atoms with van der Waals surface area (Å²) in [6.07, 6.45) is 3.59. The van der Waals surface area contributed by atoms with E-state index in [-0.39, 0.29) is 17.4 Å². The van der Waals surface area contributed by atoms with Crippen molar-refractivity contribution in [3.05, 3.63) is 34.0 Å². The molecule has 0 N–H and O–H groups in total. The molecule has 2 aromatic rings. The number of likely N-dealkylation sites (tertiary alicyclic amines) is 1. The Labute approximate surface area is 140 Å². The number of amides is 1. The van der Waals surface area contributed by atoms with Crippen LogP contribution in [0.5, 0.6) is 0 Å². The van der Waals surface area contributed by atoms with Gasteiger partial charge in [0.1, 0.15) is 12.3 Å². The third-order valence-corrected chi connectivity index (χ3v) is 5.18. The molecule has 1 saturated heterocycles. The lowest BCUT2D eigenvalue weighted by molar-refractivity contribution is 0.0714. The minimum Gasteiger partial charge on any atom is -0.446 e. The molecule has 23 heavy (non-hydrogen) atoms. The molecule has 0 unspecified atom stereocenters. The van der Waals surface area contributed by atoms with E-state index < -0.39 is 0 Å². The fourth-order valence-corrected chi connectivity index (χ4v) is 3.68. The van der Waals surface area contributed by atoms with Crippen molar-refractivity contribution >= 4 is 17.4 Å². The van der Waals surface area contributed by atoms with Crippen LogP contribution in [0.25, 0.3) is 0 Å². The Balaban J connectivity index is 1.89. The number of carbonyl (C=O) groups is 1. The first-order chi connectivity index (χ1) is 10.8. The largest absolute Gasteiger partial charge is 0.446 e. The van der Waals surface area contributed by atoms with Gasteiger partial charge in [-0.1, -0.05) is 20.8 Å². The molecule has 124 valence electrons. The SMILES string of the molecule is Cc1nsc(C)c1C(=O)N1CCC[C@@H]1c1nc(C(C)(C)C)co1. The van der Waals surface area contributed by atoms with Crippen molar-refractivity contribution in [2.75, 3.05) is 6.54 Å². The van der Waals surface area contributed by atoms with Crippen molar-refractivity contribution in [1.29, 1.82) is 0 Å². The summed E-state index contributed by atoms with van der Waals surface area (Å²) in [7, 11) is 0. The molecule has 6 heteroatoms. The van der Waals surface area contributed by atoms with E-state index in [0.717, 1.165) is 41.2 Å². The molecule has 1 fully saturated rings. The van der Waals surface area contributed by atoms with Gasteiger partial charge in [-0.05, 0) is 38.2 Å². The van der Waals surface area contributed by atoms with Gasteiger partial charge < -0.3 is 9.32 Å². The van der Waals surface area contributed by atoms with E-state index in [2.05, 4.69) is 30.1 Å². The van der Waals surface area contributed by atoms with Gasteiger partial charge in [-0.25, -0.2) is 4.98 Å². The highest BCUT2D eigenvalue weighted by Gasteiger charge is 2.36. The highest BCUT2D eigenvalue weighted by atomic mass is 32.1. The lowest BCUT2D eigenvalue weighted by atomic mass is 9.93. The van der Waals surface area contributed by atoms with Crippen LogP contribution in [-0.2, 0) is 5.41 Å². The molecule has 2 aromatic heterocycles. The molecule has 0 aromatic carbocycles. The van der Waals surface area contributed by atoms with E-state index in [4.69, 9.17) is 4.42 Å². The Morgan fingerprint density at radius 1 is 1.39 bits per heavy atom. The molecule has 3 heterocycles. The number of carbonyl (C=O) groups excluding carboxylic acids is 1. The second-order valence-electron chi connectivity index (χ2n) is 7.18. The molecule has 0 radical (unpaired) electrons. The fourth-order valence-electron chi connectivity index (χ4n) is 2.98.